The summed E-state index contributed by atoms with van der Waals surface area (Å²) in [6.45, 7) is 9.87. The van der Waals surface area contributed by atoms with E-state index >= 15 is 0 Å². The first-order valence-electron chi connectivity index (χ1n) is 21.9. The Hall–Kier alpha value is -1.69. The van der Waals surface area contributed by atoms with Gasteiger partial charge < -0.3 is 83.9 Å². The van der Waals surface area contributed by atoms with Crippen molar-refractivity contribution in [1.82, 2.24) is 0 Å². The van der Waals surface area contributed by atoms with Gasteiger partial charge in [-0.15, -0.1) is 0 Å². The van der Waals surface area contributed by atoms with E-state index in [2.05, 4.69) is 20.4 Å². The predicted octanol–water partition coefficient (Wildman–Crippen LogP) is -1.08. The summed E-state index contributed by atoms with van der Waals surface area (Å²) in [6.07, 6.45) is -13.5. The van der Waals surface area contributed by atoms with Crippen molar-refractivity contribution >= 4 is 5.97 Å². The minimum atomic E-state index is -1.78. The van der Waals surface area contributed by atoms with Gasteiger partial charge in [-0.1, -0.05) is 26.0 Å². The zero-order valence-electron chi connectivity index (χ0n) is 35.3. The maximum atomic E-state index is 12.6. The molecule has 0 unspecified atom stereocenters. The van der Waals surface area contributed by atoms with Crippen LogP contribution in [0.1, 0.15) is 72.1 Å². The van der Waals surface area contributed by atoms with Crippen LogP contribution >= 0.6 is 0 Å². The summed E-state index contributed by atoms with van der Waals surface area (Å²) in [5.41, 5.74) is 0.537. The Labute approximate surface area is 355 Å². The molecule has 61 heavy (non-hydrogen) atoms. The molecule has 8 aliphatic rings. The van der Waals surface area contributed by atoms with E-state index in [1.54, 1.807) is 13.0 Å². The average molecular weight is 871 g/mol. The summed E-state index contributed by atoms with van der Waals surface area (Å²) in [7, 11) is 1.39. The van der Waals surface area contributed by atoms with Gasteiger partial charge in [0.25, 0.3) is 0 Å². The molecule has 4 saturated carbocycles. The first kappa shape index (κ1) is 45.9. The van der Waals surface area contributed by atoms with E-state index in [1.165, 1.54) is 7.11 Å². The van der Waals surface area contributed by atoms with E-state index in [1.807, 2.05) is 0 Å². The number of methoxy groups -OCH3 is 1. The lowest BCUT2D eigenvalue weighted by Gasteiger charge is -2.56. The average Bonchev–Trinajstić information content (AvgIpc) is 3.77. The van der Waals surface area contributed by atoms with Gasteiger partial charge in [0.2, 0.25) is 0 Å². The highest BCUT2D eigenvalue weighted by Gasteiger charge is 2.69. The standard InChI is InChI=1S/C43H66O18/c1-18-23(20-12-28(45)55-16-20)9-11-43(53)24-7-6-21-13-22(8-10-41(21,3)25(24)14-42(18,43)4)58-40-35(52)37(54-5)36(19(2)57-40)61-39-34(51)32(49)30(47)27(60-39)17-56-38-33(50)31(48)29(46)26(15-44)59-38/h12,19,21-27,29-40,44,46-53H,1,6-11,13-17H2,2-5H3/t19-,21+,22-,23-,24+,25-,26+,27+,29+,30+,31-,32-,33+,34+,35-,36-,37-,38+,39-,40-,41-,42+,43-/m0/s1. The molecule has 0 aromatic heterocycles. The Balaban J connectivity index is 0.884. The second kappa shape index (κ2) is 17.3. The van der Waals surface area contributed by atoms with Crippen LogP contribution < -0.4 is 0 Å². The van der Waals surface area contributed by atoms with Crippen molar-refractivity contribution in [3.63, 3.8) is 0 Å². The second-order valence-electron chi connectivity index (χ2n) is 19.5. The van der Waals surface area contributed by atoms with Crippen LogP contribution in [0.2, 0.25) is 0 Å². The molecule has 4 aliphatic carbocycles. The van der Waals surface area contributed by atoms with Crippen molar-refractivity contribution in [3.05, 3.63) is 23.8 Å². The van der Waals surface area contributed by atoms with Crippen molar-refractivity contribution in [2.45, 2.75) is 176 Å². The molecule has 4 heterocycles. The molecule has 23 atom stereocenters. The lowest BCUT2D eigenvalue weighted by atomic mass is 9.51. The first-order chi connectivity index (χ1) is 28.9. The Morgan fingerprint density at radius 1 is 0.787 bits per heavy atom. The fourth-order valence-corrected chi connectivity index (χ4v) is 12.7. The second-order valence-corrected chi connectivity index (χ2v) is 19.5. The number of hydrogen-bond donors (Lipinski definition) is 9. The van der Waals surface area contributed by atoms with Gasteiger partial charge in [0.1, 0.15) is 73.8 Å². The molecular formula is C43H66O18. The number of aliphatic hydroxyl groups excluding tert-OH is 8. The summed E-state index contributed by atoms with van der Waals surface area (Å²) in [5, 5.41) is 96.6. The number of carbonyl (C=O) groups is 1. The van der Waals surface area contributed by atoms with Gasteiger partial charge in [-0.25, -0.2) is 4.79 Å². The quantitative estimate of drug-likeness (QED) is 0.0718. The molecule has 0 bridgehead atoms. The van der Waals surface area contributed by atoms with Gasteiger partial charge in [0, 0.05) is 24.5 Å². The monoisotopic (exact) mass is 870 g/mol. The maximum absolute atomic E-state index is 12.6. The highest BCUT2D eigenvalue weighted by molar-refractivity contribution is 5.85. The zero-order valence-corrected chi connectivity index (χ0v) is 35.3. The Kier molecular flexibility index (Phi) is 13.0. The van der Waals surface area contributed by atoms with Gasteiger partial charge in [-0.05, 0) is 87.0 Å². The Bertz CT molecular complexity index is 1650. The number of hydrogen-bond acceptors (Lipinski definition) is 18. The van der Waals surface area contributed by atoms with Crippen LogP contribution in [0, 0.1) is 34.5 Å². The Morgan fingerprint density at radius 3 is 2.13 bits per heavy atom. The van der Waals surface area contributed by atoms with Crippen molar-refractivity contribution in [2.24, 2.45) is 34.5 Å². The molecule has 0 aromatic carbocycles. The fraction of sp³-hybridized carbons (Fsp3) is 0.884. The lowest BCUT2D eigenvalue weighted by molar-refractivity contribution is -0.367. The summed E-state index contributed by atoms with van der Waals surface area (Å²) in [6, 6.07) is 0. The van der Waals surface area contributed by atoms with E-state index in [-0.39, 0.29) is 41.8 Å². The predicted molar refractivity (Wildman–Crippen MR) is 208 cm³/mol. The maximum Gasteiger partial charge on any atom is 0.331 e. The number of ether oxygens (including phenoxy) is 8. The van der Waals surface area contributed by atoms with Crippen LogP contribution in [0.3, 0.4) is 0 Å². The van der Waals surface area contributed by atoms with Crippen LogP contribution in [-0.4, -0.2) is 183 Å². The van der Waals surface area contributed by atoms with Crippen LogP contribution in [0.4, 0.5) is 0 Å². The SMILES string of the molecule is C=C1[C@@H](C2=CC(=O)OC2)CC[C@]2(O)[C@@H]3CC[C@@H]4C[C@@H](O[C@@H]5O[C@@H](C)[C@H](O[C@@H]6O[C@H](CO[C@@H]7O[C@H](CO)[C@@H](O)[C@H](O)[C@H]7O)[C@@H](O)[C@H](O)[C@H]6O)[C@@H](OC)[C@@H]5O)CC[C@]4(C)[C@H]3C[C@]12C. The van der Waals surface area contributed by atoms with Gasteiger partial charge >= 0.3 is 5.97 Å². The van der Waals surface area contributed by atoms with Crippen LogP contribution in [0.15, 0.2) is 23.8 Å². The number of aliphatic hydroxyl groups is 9. The third kappa shape index (κ3) is 7.67. The van der Waals surface area contributed by atoms with Crippen LogP contribution in [0.5, 0.6) is 0 Å². The zero-order chi connectivity index (χ0) is 43.9. The van der Waals surface area contributed by atoms with Gasteiger partial charge in [-0.3, -0.25) is 0 Å². The highest BCUT2D eigenvalue weighted by Crippen LogP contribution is 2.72. The minimum absolute atomic E-state index is 0.0132. The smallest absolute Gasteiger partial charge is 0.331 e. The molecule has 3 saturated heterocycles. The van der Waals surface area contributed by atoms with Crippen LogP contribution in [-0.2, 0) is 42.7 Å². The van der Waals surface area contributed by atoms with E-state index in [4.69, 9.17) is 37.9 Å². The topological polar surface area (TPSA) is 273 Å². The Morgan fingerprint density at radius 2 is 1.46 bits per heavy atom. The van der Waals surface area contributed by atoms with Gasteiger partial charge in [-0.2, -0.15) is 0 Å². The van der Waals surface area contributed by atoms with E-state index in [0.717, 1.165) is 49.7 Å². The van der Waals surface area contributed by atoms with Crippen molar-refractivity contribution in [3.8, 4) is 0 Å². The van der Waals surface area contributed by atoms with Crippen LogP contribution in [0.25, 0.3) is 0 Å². The molecule has 4 aliphatic heterocycles. The van der Waals surface area contributed by atoms with E-state index in [9.17, 15) is 50.8 Å². The number of cyclic esters (lactones) is 1. The molecule has 8 rings (SSSR count). The molecule has 18 heteroatoms. The number of esters is 1. The highest BCUT2D eigenvalue weighted by atomic mass is 16.8. The molecule has 0 spiro atoms. The molecule has 7 fully saturated rings. The third-order valence-electron chi connectivity index (χ3n) is 16.5. The number of rotatable bonds is 10. The number of fused-ring (bicyclic) bond motifs is 5. The largest absolute Gasteiger partial charge is 0.458 e. The molecular weight excluding hydrogens is 804 g/mol. The molecule has 9 N–H and O–H groups in total. The minimum Gasteiger partial charge on any atom is -0.458 e. The van der Waals surface area contributed by atoms with Crippen molar-refractivity contribution in [2.75, 3.05) is 26.9 Å². The van der Waals surface area contributed by atoms with Gasteiger partial charge in [0.15, 0.2) is 18.9 Å². The first-order valence-corrected chi connectivity index (χ1v) is 21.9. The van der Waals surface area contributed by atoms with Gasteiger partial charge in [0.05, 0.1) is 31.0 Å². The summed E-state index contributed by atoms with van der Waals surface area (Å²) >= 11 is 0. The summed E-state index contributed by atoms with van der Waals surface area (Å²) < 4.78 is 46.6. The molecule has 18 nitrogen and oxygen atoms in total. The molecule has 346 valence electrons. The van der Waals surface area contributed by atoms with Crippen molar-refractivity contribution < 1.29 is 88.6 Å². The lowest BCUT2D eigenvalue weighted by Crippen LogP contribution is -2.65. The van der Waals surface area contributed by atoms with E-state index in [0.29, 0.717) is 18.8 Å². The summed E-state index contributed by atoms with van der Waals surface area (Å²) in [5.74, 6) is 0.414. The normalized spacial score (nSPS) is 53.8. The molecule has 0 aromatic rings. The van der Waals surface area contributed by atoms with E-state index < -0.39 is 116 Å². The third-order valence-corrected chi connectivity index (χ3v) is 16.5. The molecule has 0 radical (unpaired) electrons. The summed E-state index contributed by atoms with van der Waals surface area (Å²) in [4.78, 5) is 11.9. The number of carbonyl (C=O) groups excluding carboxylic acids is 1. The fourth-order valence-electron chi connectivity index (χ4n) is 12.7. The van der Waals surface area contributed by atoms with Crippen molar-refractivity contribution in [1.29, 1.82) is 0 Å². The molecule has 0 amide bonds.